The first-order valence-electron chi connectivity index (χ1n) is 6.83. The molecule has 0 N–H and O–H groups in total. The highest BCUT2D eigenvalue weighted by Gasteiger charge is 2.45. The Kier molecular flexibility index (Phi) is 4.01. The Labute approximate surface area is 131 Å². The number of aromatic nitrogens is 2. The lowest BCUT2D eigenvalue weighted by molar-refractivity contribution is -0.146. The number of hydrogen-bond acceptors (Lipinski definition) is 4. The summed E-state index contributed by atoms with van der Waals surface area (Å²) in [4.78, 5) is 20.3. The lowest BCUT2D eigenvalue weighted by atomic mass is 10.1. The summed E-state index contributed by atoms with van der Waals surface area (Å²) in [6, 6.07) is 8.09. The molecule has 21 heavy (non-hydrogen) atoms. The maximum atomic E-state index is 12.0. The number of halogens is 1. The lowest BCUT2D eigenvalue weighted by Crippen LogP contribution is -2.09. The molecule has 1 fully saturated rings. The van der Waals surface area contributed by atoms with Gasteiger partial charge in [-0.25, -0.2) is 0 Å². The summed E-state index contributed by atoms with van der Waals surface area (Å²) >= 11 is 3.41. The van der Waals surface area contributed by atoms with E-state index in [2.05, 4.69) is 25.9 Å². The van der Waals surface area contributed by atoms with Crippen molar-refractivity contribution < 1.29 is 9.53 Å². The number of rotatable bonds is 4. The number of benzene rings is 1. The minimum absolute atomic E-state index is 0.0235. The van der Waals surface area contributed by atoms with Crippen LogP contribution in [0.1, 0.15) is 29.3 Å². The number of esters is 1. The van der Waals surface area contributed by atoms with E-state index in [1.54, 1.807) is 12.4 Å². The van der Waals surface area contributed by atoms with Gasteiger partial charge in [-0.3, -0.25) is 14.8 Å². The largest absolute Gasteiger partial charge is 0.459 e. The van der Waals surface area contributed by atoms with Crippen molar-refractivity contribution in [3.8, 4) is 0 Å². The number of ether oxygens (including phenoxy) is 1. The van der Waals surface area contributed by atoms with Crippen LogP contribution in [0.5, 0.6) is 0 Å². The molecule has 0 spiro atoms. The van der Waals surface area contributed by atoms with E-state index in [1.165, 1.54) is 5.56 Å². The monoisotopic (exact) mass is 346 g/mol. The van der Waals surface area contributed by atoms with Crippen molar-refractivity contribution in [3.63, 3.8) is 0 Å². The third kappa shape index (κ3) is 3.47. The van der Waals surface area contributed by atoms with Gasteiger partial charge in [-0.15, -0.1) is 0 Å². The minimum Gasteiger partial charge on any atom is -0.459 e. The summed E-state index contributed by atoms with van der Waals surface area (Å²) in [6.07, 6.45) is 4.17. The summed E-state index contributed by atoms with van der Waals surface area (Å²) in [6.45, 7) is 2.06. The molecular weight excluding hydrogens is 332 g/mol. The highest BCUT2D eigenvalue weighted by atomic mass is 79.9. The third-order valence-electron chi connectivity index (χ3n) is 3.59. The van der Waals surface area contributed by atoms with Gasteiger partial charge in [0.25, 0.3) is 0 Å². The van der Waals surface area contributed by atoms with Crippen LogP contribution in [0.25, 0.3) is 0 Å². The second-order valence-corrected chi connectivity index (χ2v) is 6.17. The molecule has 108 valence electrons. The van der Waals surface area contributed by atoms with Crippen molar-refractivity contribution in [3.05, 3.63) is 58.1 Å². The van der Waals surface area contributed by atoms with Crippen molar-refractivity contribution in [1.29, 1.82) is 0 Å². The summed E-state index contributed by atoms with van der Waals surface area (Å²) in [5.41, 5.74) is 2.72. The number of aryl methyl sites for hydroxylation is 1. The molecule has 0 amide bonds. The molecule has 4 nitrogen and oxygen atoms in total. The van der Waals surface area contributed by atoms with Gasteiger partial charge in [0.05, 0.1) is 23.5 Å². The molecule has 1 aromatic carbocycles. The third-order valence-corrected chi connectivity index (χ3v) is 4.12. The molecule has 1 aliphatic rings. The van der Waals surface area contributed by atoms with Gasteiger partial charge >= 0.3 is 5.97 Å². The van der Waals surface area contributed by atoms with Gasteiger partial charge in [0.15, 0.2) is 0 Å². The van der Waals surface area contributed by atoms with Crippen LogP contribution in [-0.4, -0.2) is 15.9 Å². The van der Waals surface area contributed by atoms with Crippen LogP contribution in [0.4, 0.5) is 0 Å². The predicted octanol–water partition coefficient (Wildman–Crippen LogP) is 3.39. The fourth-order valence-corrected chi connectivity index (χ4v) is 2.54. The van der Waals surface area contributed by atoms with Gasteiger partial charge in [-0.1, -0.05) is 28.1 Å². The summed E-state index contributed by atoms with van der Waals surface area (Å²) in [7, 11) is 0. The van der Waals surface area contributed by atoms with Crippen LogP contribution < -0.4 is 0 Å². The number of nitrogens with zero attached hydrogens (tertiary/aromatic N) is 2. The van der Waals surface area contributed by atoms with E-state index in [0.29, 0.717) is 5.69 Å². The van der Waals surface area contributed by atoms with Gasteiger partial charge in [0, 0.05) is 10.7 Å². The SMILES string of the molecule is Cc1cnc(COC(=O)[C@@H]2C[C@H]2c2ccc(Br)cc2)cn1. The molecule has 1 saturated carbocycles. The molecule has 0 saturated heterocycles. The van der Waals surface area contributed by atoms with E-state index >= 15 is 0 Å². The van der Waals surface area contributed by atoms with Crippen molar-refractivity contribution in [1.82, 2.24) is 9.97 Å². The van der Waals surface area contributed by atoms with Crippen LogP contribution >= 0.6 is 15.9 Å². The average Bonchev–Trinajstić information content (AvgIpc) is 3.28. The smallest absolute Gasteiger partial charge is 0.309 e. The van der Waals surface area contributed by atoms with Crippen LogP contribution in [0.15, 0.2) is 41.1 Å². The van der Waals surface area contributed by atoms with E-state index in [1.807, 2.05) is 31.2 Å². The van der Waals surface area contributed by atoms with Crippen molar-refractivity contribution in [2.75, 3.05) is 0 Å². The van der Waals surface area contributed by atoms with Crippen LogP contribution in [0.2, 0.25) is 0 Å². The molecule has 1 heterocycles. The Morgan fingerprint density at radius 3 is 2.71 bits per heavy atom. The van der Waals surface area contributed by atoms with E-state index in [4.69, 9.17) is 4.74 Å². The quantitative estimate of drug-likeness (QED) is 0.796. The average molecular weight is 347 g/mol. The van der Waals surface area contributed by atoms with Crippen LogP contribution in [0, 0.1) is 12.8 Å². The number of hydrogen-bond donors (Lipinski definition) is 0. The summed E-state index contributed by atoms with van der Waals surface area (Å²) in [5.74, 6) is 0.115. The van der Waals surface area contributed by atoms with Crippen molar-refractivity contribution >= 4 is 21.9 Å². The normalized spacial score (nSPS) is 20.1. The maximum Gasteiger partial charge on any atom is 0.309 e. The Hall–Kier alpha value is -1.75. The first kappa shape index (κ1) is 14.2. The Balaban J connectivity index is 1.53. The summed E-state index contributed by atoms with van der Waals surface area (Å²) in [5, 5.41) is 0. The minimum atomic E-state index is -0.148. The number of carbonyl (C=O) groups excluding carboxylic acids is 1. The first-order valence-corrected chi connectivity index (χ1v) is 7.62. The van der Waals surface area contributed by atoms with Gasteiger partial charge in [0.2, 0.25) is 0 Å². The van der Waals surface area contributed by atoms with Gasteiger partial charge < -0.3 is 4.74 Å². The van der Waals surface area contributed by atoms with E-state index in [0.717, 1.165) is 16.6 Å². The van der Waals surface area contributed by atoms with Crippen molar-refractivity contribution in [2.24, 2.45) is 5.92 Å². The molecule has 0 bridgehead atoms. The molecular formula is C16H15BrN2O2. The molecule has 0 radical (unpaired) electrons. The van der Waals surface area contributed by atoms with Crippen LogP contribution in [-0.2, 0) is 16.1 Å². The molecule has 2 atom stereocenters. The molecule has 0 unspecified atom stereocenters. The maximum absolute atomic E-state index is 12.0. The zero-order chi connectivity index (χ0) is 14.8. The second-order valence-electron chi connectivity index (χ2n) is 5.26. The van der Waals surface area contributed by atoms with Gasteiger partial charge in [-0.2, -0.15) is 0 Å². The fraction of sp³-hybridized carbons (Fsp3) is 0.312. The highest BCUT2D eigenvalue weighted by Crippen LogP contribution is 2.48. The molecule has 1 aliphatic carbocycles. The van der Waals surface area contributed by atoms with Crippen LogP contribution in [0.3, 0.4) is 0 Å². The van der Waals surface area contributed by atoms with Gasteiger partial charge in [-0.05, 0) is 37.0 Å². The Morgan fingerprint density at radius 2 is 2.05 bits per heavy atom. The lowest BCUT2D eigenvalue weighted by Gasteiger charge is -2.04. The zero-order valence-corrected chi connectivity index (χ0v) is 13.2. The van der Waals surface area contributed by atoms with E-state index < -0.39 is 0 Å². The van der Waals surface area contributed by atoms with Crippen molar-refractivity contribution in [2.45, 2.75) is 25.9 Å². The highest BCUT2D eigenvalue weighted by molar-refractivity contribution is 9.10. The predicted molar refractivity (Wildman–Crippen MR) is 81.6 cm³/mol. The molecule has 5 heteroatoms. The van der Waals surface area contributed by atoms with E-state index in [9.17, 15) is 4.79 Å². The standard InChI is InChI=1S/C16H15BrN2O2/c1-10-7-19-13(8-18-10)9-21-16(20)15-6-14(15)11-2-4-12(17)5-3-11/h2-5,7-8,14-15H,6,9H2,1H3/t14-,15+/m0/s1. The Bertz CT molecular complexity index is 640. The topological polar surface area (TPSA) is 52.1 Å². The molecule has 2 aromatic rings. The van der Waals surface area contributed by atoms with Gasteiger partial charge in [0.1, 0.15) is 6.61 Å². The zero-order valence-electron chi connectivity index (χ0n) is 11.6. The molecule has 1 aromatic heterocycles. The molecule has 3 rings (SSSR count). The first-order chi connectivity index (χ1) is 10.1. The second kappa shape index (κ2) is 5.93. The Morgan fingerprint density at radius 1 is 1.29 bits per heavy atom. The molecule has 0 aliphatic heterocycles. The number of carbonyl (C=O) groups is 1. The fourth-order valence-electron chi connectivity index (χ4n) is 2.28. The summed E-state index contributed by atoms with van der Waals surface area (Å²) < 4.78 is 6.36. The van der Waals surface area contributed by atoms with E-state index in [-0.39, 0.29) is 24.4 Å².